The van der Waals surface area contributed by atoms with E-state index in [4.69, 9.17) is 0 Å². The van der Waals surface area contributed by atoms with E-state index < -0.39 is 6.04 Å². The van der Waals surface area contributed by atoms with Gasteiger partial charge in [-0.2, -0.15) is 0 Å². The largest absolute Gasteiger partial charge is 0.342 e. The molecule has 0 saturated carbocycles. The van der Waals surface area contributed by atoms with Crippen LogP contribution in [0.5, 0.6) is 0 Å². The molecule has 2 amide bonds. The highest BCUT2D eigenvalue weighted by Gasteiger charge is 2.38. The van der Waals surface area contributed by atoms with Gasteiger partial charge in [0.1, 0.15) is 6.04 Å². The van der Waals surface area contributed by atoms with Crippen LogP contribution >= 0.6 is 0 Å². The zero-order valence-corrected chi connectivity index (χ0v) is 14.1. The van der Waals surface area contributed by atoms with Gasteiger partial charge in [-0.05, 0) is 18.1 Å². The summed E-state index contributed by atoms with van der Waals surface area (Å²) in [4.78, 5) is 29.3. The van der Waals surface area contributed by atoms with E-state index >= 15 is 0 Å². The number of hydrogen-bond acceptors (Lipinski definition) is 2. The van der Waals surface area contributed by atoms with Crippen molar-refractivity contribution in [2.24, 2.45) is 0 Å². The molecular weight excluding hydrogens is 300 g/mol. The first-order valence-electron chi connectivity index (χ1n) is 8.25. The van der Waals surface area contributed by atoms with Crippen molar-refractivity contribution in [2.45, 2.75) is 18.9 Å². The van der Waals surface area contributed by atoms with E-state index in [2.05, 4.69) is 0 Å². The van der Waals surface area contributed by atoms with Gasteiger partial charge in [0.15, 0.2) is 0 Å². The van der Waals surface area contributed by atoms with Crippen LogP contribution in [0, 0.1) is 0 Å². The van der Waals surface area contributed by atoms with Crippen LogP contribution in [0.3, 0.4) is 0 Å². The summed E-state index contributed by atoms with van der Waals surface area (Å²) < 4.78 is 0. The first-order chi connectivity index (χ1) is 11.6. The van der Waals surface area contributed by atoms with Gasteiger partial charge in [-0.15, -0.1) is 0 Å². The lowest BCUT2D eigenvalue weighted by Crippen LogP contribution is -2.53. The highest BCUT2D eigenvalue weighted by molar-refractivity contribution is 5.92. The Labute approximate surface area is 142 Å². The van der Waals surface area contributed by atoms with Crippen LogP contribution in [0.2, 0.25) is 0 Å². The number of amides is 2. The van der Waals surface area contributed by atoms with Crippen LogP contribution < -0.4 is 0 Å². The molecule has 4 heteroatoms. The lowest BCUT2D eigenvalue weighted by molar-refractivity contribution is -0.151. The molecule has 3 rings (SSSR count). The Balaban J connectivity index is 1.92. The summed E-state index contributed by atoms with van der Waals surface area (Å²) >= 11 is 0. The summed E-state index contributed by atoms with van der Waals surface area (Å²) in [6, 6.07) is 18.7. The fourth-order valence-corrected chi connectivity index (χ4v) is 3.17. The first kappa shape index (κ1) is 16.2. The van der Waals surface area contributed by atoms with Gasteiger partial charge in [0.05, 0.1) is 5.92 Å². The van der Waals surface area contributed by atoms with Crippen molar-refractivity contribution in [1.29, 1.82) is 0 Å². The predicted octanol–water partition coefficient (Wildman–Crippen LogP) is 2.83. The third-order valence-electron chi connectivity index (χ3n) is 4.67. The van der Waals surface area contributed by atoms with E-state index in [0.717, 1.165) is 11.1 Å². The lowest BCUT2D eigenvalue weighted by atomic mass is 9.95. The molecule has 0 spiro atoms. The minimum Gasteiger partial charge on any atom is -0.342 e. The van der Waals surface area contributed by atoms with Gasteiger partial charge in [-0.3, -0.25) is 9.59 Å². The number of piperazine rings is 1. The zero-order chi connectivity index (χ0) is 17.1. The molecule has 2 atom stereocenters. The predicted molar refractivity (Wildman–Crippen MR) is 93.4 cm³/mol. The Hall–Kier alpha value is -2.62. The van der Waals surface area contributed by atoms with Crippen LogP contribution in [0.15, 0.2) is 60.7 Å². The molecule has 0 bridgehead atoms. The van der Waals surface area contributed by atoms with Crippen LogP contribution in [-0.4, -0.2) is 41.8 Å². The van der Waals surface area contributed by atoms with Crippen molar-refractivity contribution < 1.29 is 9.59 Å². The lowest BCUT2D eigenvalue weighted by Gasteiger charge is -2.40. The average molecular weight is 322 g/mol. The summed E-state index contributed by atoms with van der Waals surface area (Å²) in [6.45, 7) is 3.02. The number of hydrogen-bond donors (Lipinski definition) is 0. The molecule has 1 aliphatic heterocycles. The standard InChI is InChI=1S/C20H22N2O2/c1-15(16-9-5-3-6-10-16)19(23)22-14-13-21(2)20(24)18(22)17-11-7-4-8-12-17/h3-12,15,18H,13-14H2,1-2H3. The van der Waals surface area contributed by atoms with E-state index in [1.165, 1.54) is 0 Å². The molecule has 0 aromatic heterocycles. The van der Waals surface area contributed by atoms with Gasteiger partial charge in [0, 0.05) is 20.1 Å². The smallest absolute Gasteiger partial charge is 0.249 e. The summed E-state index contributed by atoms with van der Waals surface area (Å²) in [6.07, 6.45) is 0. The number of carbonyl (C=O) groups excluding carboxylic acids is 2. The molecule has 1 aliphatic rings. The van der Waals surface area contributed by atoms with Crippen molar-refractivity contribution in [2.75, 3.05) is 20.1 Å². The topological polar surface area (TPSA) is 40.6 Å². The Bertz CT molecular complexity index is 715. The van der Waals surface area contributed by atoms with E-state index in [1.54, 1.807) is 16.8 Å². The molecular formula is C20H22N2O2. The molecule has 1 saturated heterocycles. The maximum Gasteiger partial charge on any atom is 0.249 e. The summed E-state index contributed by atoms with van der Waals surface area (Å²) in [5.74, 6) is -0.300. The fourth-order valence-electron chi connectivity index (χ4n) is 3.17. The monoisotopic (exact) mass is 322 g/mol. The van der Waals surface area contributed by atoms with Crippen LogP contribution in [0.4, 0.5) is 0 Å². The molecule has 0 radical (unpaired) electrons. The van der Waals surface area contributed by atoms with Crippen molar-refractivity contribution in [3.8, 4) is 0 Å². The number of likely N-dealkylation sites (N-methyl/N-ethyl adjacent to an activating group) is 1. The Morgan fingerprint density at radius 2 is 1.58 bits per heavy atom. The van der Waals surface area contributed by atoms with Crippen molar-refractivity contribution in [3.63, 3.8) is 0 Å². The van der Waals surface area contributed by atoms with Crippen molar-refractivity contribution in [1.82, 2.24) is 9.80 Å². The zero-order valence-electron chi connectivity index (χ0n) is 14.1. The van der Waals surface area contributed by atoms with Crippen LogP contribution in [0.1, 0.15) is 30.0 Å². The quantitative estimate of drug-likeness (QED) is 0.872. The van der Waals surface area contributed by atoms with E-state index in [-0.39, 0.29) is 17.7 Å². The second-order valence-electron chi connectivity index (χ2n) is 6.24. The second kappa shape index (κ2) is 6.87. The van der Waals surface area contributed by atoms with Crippen molar-refractivity contribution >= 4 is 11.8 Å². The van der Waals surface area contributed by atoms with E-state index in [0.29, 0.717) is 13.1 Å². The first-order valence-corrected chi connectivity index (χ1v) is 8.25. The molecule has 0 N–H and O–H groups in total. The Morgan fingerprint density at radius 3 is 2.21 bits per heavy atom. The molecule has 1 fully saturated rings. The normalized spacial score (nSPS) is 19.2. The van der Waals surface area contributed by atoms with Gasteiger partial charge < -0.3 is 9.80 Å². The number of carbonyl (C=O) groups is 2. The van der Waals surface area contributed by atoms with Gasteiger partial charge in [-0.1, -0.05) is 60.7 Å². The minimum absolute atomic E-state index is 0.00324. The molecule has 124 valence electrons. The number of nitrogens with zero attached hydrogens (tertiary/aromatic N) is 2. The van der Waals surface area contributed by atoms with E-state index in [9.17, 15) is 9.59 Å². The molecule has 24 heavy (non-hydrogen) atoms. The number of benzene rings is 2. The number of rotatable bonds is 3. The average Bonchev–Trinajstić information content (AvgIpc) is 2.64. The third-order valence-corrected chi connectivity index (χ3v) is 4.67. The molecule has 2 aromatic carbocycles. The van der Waals surface area contributed by atoms with Gasteiger partial charge >= 0.3 is 0 Å². The van der Waals surface area contributed by atoms with Crippen LogP contribution in [0.25, 0.3) is 0 Å². The van der Waals surface area contributed by atoms with Gasteiger partial charge in [0.2, 0.25) is 11.8 Å². The summed E-state index contributed by atoms with van der Waals surface area (Å²) in [5, 5.41) is 0. The highest BCUT2D eigenvalue weighted by Crippen LogP contribution is 2.29. The highest BCUT2D eigenvalue weighted by atomic mass is 16.2. The van der Waals surface area contributed by atoms with Crippen LogP contribution in [-0.2, 0) is 9.59 Å². The Morgan fingerprint density at radius 1 is 1.00 bits per heavy atom. The fraction of sp³-hybridized carbons (Fsp3) is 0.300. The molecule has 4 nitrogen and oxygen atoms in total. The maximum atomic E-state index is 13.1. The summed E-state index contributed by atoms with van der Waals surface area (Å²) in [7, 11) is 1.79. The second-order valence-corrected chi connectivity index (χ2v) is 6.24. The molecule has 1 heterocycles. The van der Waals surface area contributed by atoms with Gasteiger partial charge in [0.25, 0.3) is 0 Å². The molecule has 2 unspecified atom stereocenters. The van der Waals surface area contributed by atoms with E-state index in [1.807, 2.05) is 67.6 Å². The third kappa shape index (κ3) is 3.04. The van der Waals surface area contributed by atoms with Crippen molar-refractivity contribution in [3.05, 3.63) is 71.8 Å². The SMILES string of the molecule is CC(C(=O)N1CCN(C)C(=O)C1c1ccccc1)c1ccccc1. The van der Waals surface area contributed by atoms with Gasteiger partial charge in [-0.25, -0.2) is 0 Å². The minimum atomic E-state index is -0.538. The maximum absolute atomic E-state index is 13.1. The summed E-state index contributed by atoms with van der Waals surface area (Å²) in [5.41, 5.74) is 1.84. The Kier molecular flexibility index (Phi) is 4.65. The molecule has 2 aromatic rings. The molecule has 0 aliphatic carbocycles.